The highest BCUT2D eigenvalue weighted by Gasteiger charge is 2.15. The Kier molecular flexibility index (Phi) is 3.90. The highest BCUT2D eigenvalue weighted by Crippen LogP contribution is 2.12. The molecular weight excluding hydrogens is 206 g/mol. The largest absolute Gasteiger partial charge is 0.367 e. The molecule has 1 aromatic heterocycles. The van der Waals surface area contributed by atoms with E-state index in [0.29, 0.717) is 18.4 Å². The third kappa shape index (κ3) is 3.02. The van der Waals surface area contributed by atoms with Crippen LogP contribution in [-0.4, -0.2) is 29.3 Å². The average Bonchev–Trinajstić information content (AvgIpc) is 2.76. The first-order valence-corrected chi connectivity index (χ1v) is 5.90. The fourth-order valence-corrected chi connectivity index (χ4v) is 1.71. The quantitative estimate of drug-likeness (QED) is 0.840. The van der Waals surface area contributed by atoms with E-state index < -0.39 is 0 Å². The predicted molar refractivity (Wildman–Crippen MR) is 59.1 cm³/mol. The topological polar surface area (TPSA) is 60.2 Å². The van der Waals surface area contributed by atoms with Crippen LogP contribution in [0.3, 0.4) is 0 Å². The number of aromatic nitrogens is 2. The zero-order valence-corrected chi connectivity index (χ0v) is 9.90. The van der Waals surface area contributed by atoms with Crippen LogP contribution < -0.4 is 5.32 Å². The first-order valence-electron chi connectivity index (χ1n) is 5.90. The van der Waals surface area contributed by atoms with E-state index in [2.05, 4.69) is 15.5 Å². The molecule has 1 atom stereocenters. The Balaban J connectivity index is 1.79. The van der Waals surface area contributed by atoms with Crippen molar-refractivity contribution in [3.05, 3.63) is 11.7 Å². The van der Waals surface area contributed by atoms with Crippen molar-refractivity contribution >= 4 is 0 Å². The highest BCUT2D eigenvalue weighted by molar-refractivity contribution is 4.90. The lowest BCUT2D eigenvalue weighted by Crippen LogP contribution is -2.35. The molecule has 0 saturated carbocycles. The van der Waals surface area contributed by atoms with Gasteiger partial charge in [-0.05, 0) is 19.4 Å². The van der Waals surface area contributed by atoms with Crippen LogP contribution in [0.2, 0.25) is 0 Å². The molecule has 2 heterocycles. The molecule has 2 rings (SSSR count). The van der Waals surface area contributed by atoms with Crippen LogP contribution in [0.15, 0.2) is 4.52 Å². The van der Waals surface area contributed by atoms with E-state index in [0.717, 1.165) is 25.3 Å². The van der Waals surface area contributed by atoms with Crippen LogP contribution >= 0.6 is 0 Å². The van der Waals surface area contributed by atoms with E-state index in [1.807, 2.05) is 13.8 Å². The molecule has 0 radical (unpaired) electrons. The maximum absolute atomic E-state index is 5.70. The molecule has 0 aliphatic carbocycles. The Hall–Kier alpha value is -0.940. The molecule has 5 heteroatoms. The molecule has 90 valence electrons. The minimum atomic E-state index is 0.281. The number of rotatable bonds is 4. The van der Waals surface area contributed by atoms with E-state index in [1.54, 1.807) is 0 Å². The lowest BCUT2D eigenvalue weighted by molar-refractivity contribution is 0.0124. The van der Waals surface area contributed by atoms with Gasteiger partial charge in [0.2, 0.25) is 0 Å². The van der Waals surface area contributed by atoms with Crippen molar-refractivity contribution in [1.29, 1.82) is 0 Å². The number of nitrogens with one attached hydrogen (secondary N) is 1. The number of nitrogens with zero attached hydrogens (tertiary/aromatic N) is 2. The zero-order chi connectivity index (χ0) is 11.4. The van der Waals surface area contributed by atoms with Crippen LogP contribution in [-0.2, 0) is 11.3 Å². The summed E-state index contributed by atoms with van der Waals surface area (Å²) in [7, 11) is 0. The lowest BCUT2D eigenvalue weighted by Gasteiger charge is -2.22. The van der Waals surface area contributed by atoms with E-state index in [4.69, 9.17) is 9.26 Å². The van der Waals surface area contributed by atoms with Gasteiger partial charge in [0.25, 0.3) is 5.89 Å². The maximum atomic E-state index is 5.70. The van der Waals surface area contributed by atoms with Gasteiger partial charge in [-0.25, -0.2) is 0 Å². The molecule has 1 unspecified atom stereocenters. The lowest BCUT2D eigenvalue weighted by atomic mass is 10.1. The van der Waals surface area contributed by atoms with Gasteiger partial charge in [0.1, 0.15) is 6.61 Å². The molecule has 1 saturated heterocycles. The second-order valence-electron chi connectivity index (χ2n) is 4.48. The van der Waals surface area contributed by atoms with Crippen molar-refractivity contribution in [3.63, 3.8) is 0 Å². The van der Waals surface area contributed by atoms with Gasteiger partial charge >= 0.3 is 0 Å². The molecule has 5 nitrogen and oxygen atoms in total. The maximum Gasteiger partial charge on any atom is 0.252 e. The molecule has 1 N–H and O–H groups in total. The van der Waals surface area contributed by atoms with Gasteiger partial charge < -0.3 is 14.6 Å². The average molecular weight is 225 g/mol. The van der Waals surface area contributed by atoms with Crippen molar-refractivity contribution in [1.82, 2.24) is 15.5 Å². The fourth-order valence-electron chi connectivity index (χ4n) is 1.71. The Labute approximate surface area is 95.6 Å². The summed E-state index contributed by atoms with van der Waals surface area (Å²) in [6, 6.07) is 0. The SMILES string of the molecule is CC(C)c1noc(COC2CCCNC2)n1. The van der Waals surface area contributed by atoms with Gasteiger partial charge in [-0.3, -0.25) is 0 Å². The second-order valence-corrected chi connectivity index (χ2v) is 4.48. The predicted octanol–water partition coefficient (Wildman–Crippen LogP) is 1.46. The molecule has 0 aromatic carbocycles. The monoisotopic (exact) mass is 225 g/mol. The molecule has 1 aromatic rings. The molecular formula is C11H19N3O2. The van der Waals surface area contributed by atoms with Crippen molar-refractivity contribution < 1.29 is 9.26 Å². The van der Waals surface area contributed by atoms with Crippen molar-refractivity contribution in [2.75, 3.05) is 13.1 Å². The Morgan fingerprint density at radius 3 is 3.06 bits per heavy atom. The van der Waals surface area contributed by atoms with Crippen LogP contribution in [0.1, 0.15) is 44.3 Å². The number of piperidine rings is 1. The molecule has 0 amide bonds. The molecule has 0 bridgehead atoms. The molecule has 1 fully saturated rings. The summed E-state index contributed by atoms with van der Waals surface area (Å²) in [4.78, 5) is 4.27. The van der Waals surface area contributed by atoms with Crippen molar-refractivity contribution in [2.24, 2.45) is 0 Å². The molecule has 1 aliphatic heterocycles. The number of hydrogen-bond donors (Lipinski definition) is 1. The summed E-state index contributed by atoms with van der Waals surface area (Å²) in [6.45, 7) is 6.52. The Morgan fingerprint density at radius 1 is 1.56 bits per heavy atom. The van der Waals surface area contributed by atoms with Gasteiger partial charge in [-0.15, -0.1) is 0 Å². The second kappa shape index (κ2) is 5.41. The van der Waals surface area contributed by atoms with E-state index in [1.165, 1.54) is 6.42 Å². The minimum absolute atomic E-state index is 0.281. The van der Waals surface area contributed by atoms with Gasteiger partial charge in [-0.1, -0.05) is 19.0 Å². The van der Waals surface area contributed by atoms with Crippen LogP contribution in [0, 0.1) is 0 Å². The van der Waals surface area contributed by atoms with Crippen molar-refractivity contribution in [3.8, 4) is 0 Å². The Bertz CT molecular complexity index is 319. The third-order valence-corrected chi connectivity index (χ3v) is 2.69. The number of hydrogen-bond acceptors (Lipinski definition) is 5. The van der Waals surface area contributed by atoms with Gasteiger partial charge in [-0.2, -0.15) is 4.98 Å². The first kappa shape index (κ1) is 11.5. The zero-order valence-electron chi connectivity index (χ0n) is 9.90. The van der Waals surface area contributed by atoms with Gasteiger partial charge in [0.05, 0.1) is 6.10 Å². The summed E-state index contributed by atoms with van der Waals surface area (Å²) in [5.74, 6) is 1.63. The summed E-state index contributed by atoms with van der Waals surface area (Å²) in [5.41, 5.74) is 0. The molecule has 0 spiro atoms. The van der Waals surface area contributed by atoms with E-state index in [-0.39, 0.29) is 6.10 Å². The minimum Gasteiger partial charge on any atom is -0.367 e. The van der Waals surface area contributed by atoms with Crippen LogP contribution in [0.25, 0.3) is 0 Å². The van der Waals surface area contributed by atoms with E-state index >= 15 is 0 Å². The summed E-state index contributed by atoms with van der Waals surface area (Å²) < 4.78 is 10.8. The number of ether oxygens (including phenoxy) is 1. The van der Waals surface area contributed by atoms with Crippen LogP contribution in [0.4, 0.5) is 0 Å². The van der Waals surface area contributed by atoms with Crippen LogP contribution in [0.5, 0.6) is 0 Å². The first-order chi connectivity index (χ1) is 7.75. The standard InChI is InChI=1S/C11H19N3O2/c1-8(2)11-13-10(16-14-11)7-15-9-4-3-5-12-6-9/h8-9,12H,3-7H2,1-2H3. The van der Waals surface area contributed by atoms with Gasteiger partial charge in [0, 0.05) is 12.5 Å². The van der Waals surface area contributed by atoms with E-state index in [9.17, 15) is 0 Å². The summed E-state index contributed by atoms with van der Waals surface area (Å²) in [5, 5.41) is 7.20. The summed E-state index contributed by atoms with van der Waals surface area (Å²) in [6.07, 6.45) is 2.56. The normalized spacial score (nSPS) is 21.6. The summed E-state index contributed by atoms with van der Waals surface area (Å²) >= 11 is 0. The smallest absolute Gasteiger partial charge is 0.252 e. The highest BCUT2D eigenvalue weighted by atomic mass is 16.5. The van der Waals surface area contributed by atoms with Gasteiger partial charge in [0.15, 0.2) is 5.82 Å². The fraction of sp³-hybridized carbons (Fsp3) is 0.818. The third-order valence-electron chi connectivity index (χ3n) is 2.69. The van der Waals surface area contributed by atoms with Crippen molar-refractivity contribution in [2.45, 2.75) is 45.3 Å². The molecule has 1 aliphatic rings. The Morgan fingerprint density at radius 2 is 2.44 bits per heavy atom. The molecule has 16 heavy (non-hydrogen) atoms.